The number of anilines is 1. The molecular formula is C13H12N2O3S. The monoisotopic (exact) mass is 276 g/mol. The van der Waals surface area contributed by atoms with E-state index in [4.69, 9.17) is 5.11 Å². The first-order chi connectivity index (χ1) is 9.06. The fourth-order valence-corrected chi connectivity index (χ4v) is 2.19. The molecule has 0 aliphatic carbocycles. The minimum Gasteiger partial charge on any atom is -0.477 e. The molecule has 0 saturated carbocycles. The molecule has 0 aromatic carbocycles. The molecule has 0 unspecified atom stereocenters. The predicted molar refractivity (Wildman–Crippen MR) is 74.5 cm³/mol. The van der Waals surface area contributed by atoms with Gasteiger partial charge in [0.25, 0.3) is 0 Å². The Morgan fingerprint density at radius 1 is 1.47 bits per heavy atom. The molecule has 98 valence electrons. The molecule has 2 aromatic heterocycles. The zero-order chi connectivity index (χ0) is 13.8. The lowest BCUT2D eigenvalue weighted by Crippen LogP contribution is -2.10. The number of carboxylic acid groups (broad SMARTS) is 1. The smallest absolute Gasteiger partial charge is 0.354 e. The first-order valence-electron chi connectivity index (χ1n) is 5.52. The van der Waals surface area contributed by atoms with Gasteiger partial charge in [0, 0.05) is 16.6 Å². The minimum absolute atomic E-state index is 0.0182. The van der Waals surface area contributed by atoms with E-state index in [1.807, 2.05) is 17.5 Å². The van der Waals surface area contributed by atoms with E-state index >= 15 is 0 Å². The van der Waals surface area contributed by atoms with Crippen molar-refractivity contribution < 1.29 is 14.7 Å². The summed E-state index contributed by atoms with van der Waals surface area (Å²) in [5, 5.41) is 13.4. The van der Waals surface area contributed by atoms with Crippen LogP contribution in [0.2, 0.25) is 0 Å². The third-order valence-corrected chi connectivity index (χ3v) is 3.20. The molecule has 3 N–H and O–H groups in total. The maximum Gasteiger partial charge on any atom is 0.354 e. The number of nitrogens with one attached hydrogen (secondary N) is 2. The second kappa shape index (κ2) is 5.53. The van der Waals surface area contributed by atoms with Gasteiger partial charge in [0.15, 0.2) is 0 Å². The maximum atomic E-state index is 11.7. The molecular weight excluding hydrogens is 264 g/mol. The normalized spacial score (nSPS) is 10.8. The van der Waals surface area contributed by atoms with Gasteiger partial charge < -0.3 is 15.4 Å². The maximum absolute atomic E-state index is 11.7. The third kappa shape index (κ3) is 3.32. The number of aromatic carboxylic acids is 1. The van der Waals surface area contributed by atoms with Crippen LogP contribution >= 0.6 is 11.3 Å². The standard InChI is InChI=1S/C13H12N2O3S/c1-8-7-10(12(14-8)13(17)18)15-11(16)5-4-9-3-2-6-19-9/h2-7,14H,1H3,(H,15,16)(H,17,18)/b5-4+. The van der Waals surface area contributed by atoms with Crippen LogP contribution in [-0.2, 0) is 4.79 Å². The number of rotatable bonds is 4. The molecule has 0 atom stereocenters. The van der Waals surface area contributed by atoms with E-state index < -0.39 is 5.97 Å². The molecule has 0 radical (unpaired) electrons. The Morgan fingerprint density at radius 2 is 2.26 bits per heavy atom. The summed E-state index contributed by atoms with van der Waals surface area (Å²) in [6.45, 7) is 1.73. The Morgan fingerprint density at radius 3 is 2.89 bits per heavy atom. The summed E-state index contributed by atoms with van der Waals surface area (Å²) in [5.74, 6) is -1.47. The van der Waals surface area contributed by atoms with E-state index in [2.05, 4.69) is 10.3 Å². The molecule has 0 aliphatic heterocycles. The molecule has 2 aromatic rings. The topological polar surface area (TPSA) is 82.2 Å². The fourth-order valence-electron chi connectivity index (χ4n) is 1.57. The van der Waals surface area contributed by atoms with Crippen LogP contribution < -0.4 is 5.32 Å². The number of aryl methyl sites for hydroxylation is 1. The molecule has 6 heteroatoms. The second-order valence-corrected chi connectivity index (χ2v) is 4.86. The highest BCUT2D eigenvalue weighted by Crippen LogP contribution is 2.17. The van der Waals surface area contributed by atoms with Gasteiger partial charge in [-0.15, -0.1) is 11.3 Å². The van der Waals surface area contributed by atoms with Crippen LogP contribution in [-0.4, -0.2) is 22.0 Å². The lowest BCUT2D eigenvalue weighted by molar-refractivity contribution is -0.111. The quantitative estimate of drug-likeness (QED) is 0.751. The van der Waals surface area contributed by atoms with Gasteiger partial charge in [0.2, 0.25) is 5.91 Å². The van der Waals surface area contributed by atoms with E-state index in [0.717, 1.165) is 4.88 Å². The van der Waals surface area contributed by atoms with Crippen LogP contribution in [0.3, 0.4) is 0 Å². The zero-order valence-electron chi connectivity index (χ0n) is 10.1. The number of thiophene rings is 1. The van der Waals surface area contributed by atoms with Gasteiger partial charge in [-0.1, -0.05) is 6.07 Å². The Labute approximate surface area is 113 Å². The lowest BCUT2D eigenvalue weighted by Gasteiger charge is -2.00. The van der Waals surface area contributed by atoms with Crippen LogP contribution in [0.5, 0.6) is 0 Å². The van der Waals surface area contributed by atoms with Crippen LogP contribution in [0, 0.1) is 6.92 Å². The van der Waals surface area contributed by atoms with Gasteiger partial charge in [-0.05, 0) is 30.5 Å². The number of carboxylic acids is 1. The van der Waals surface area contributed by atoms with E-state index in [0.29, 0.717) is 5.69 Å². The van der Waals surface area contributed by atoms with E-state index in [1.54, 1.807) is 19.1 Å². The number of hydrogen-bond donors (Lipinski definition) is 3. The Bertz CT molecular complexity index is 626. The average molecular weight is 276 g/mol. The van der Waals surface area contributed by atoms with Crippen molar-refractivity contribution in [3.8, 4) is 0 Å². The molecule has 1 amide bonds. The van der Waals surface area contributed by atoms with Crippen molar-refractivity contribution in [2.45, 2.75) is 6.92 Å². The summed E-state index contributed by atoms with van der Waals surface area (Å²) in [6, 6.07) is 5.36. The largest absolute Gasteiger partial charge is 0.477 e. The third-order valence-electron chi connectivity index (χ3n) is 2.37. The second-order valence-electron chi connectivity index (χ2n) is 3.88. The molecule has 0 aliphatic rings. The minimum atomic E-state index is -1.11. The summed E-state index contributed by atoms with van der Waals surface area (Å²) < 4.78 is 0. The molecule has 0 saturated heterocycles. The number of hydrogen-bond acceptors (Lipinski definition) is 3. The Balaban J connectivity index is 2.09. The molecule has 0 fully saturated rings. The summed E-state index contributed by atoms with van der Waals surface area (Å²) in [4.78, 5) is 26.3. The summed E-state index contributed by atoms with van der Waals surface area (Å²) in [7, 11) is 0. The first-order valence-corrected chi connectivity index (χ1v) is 6.39. The molecule has 0 bridgehead atoms. The highest BCUT2D eigenvalue weighted by atomic mass is 32.1. The van der Waals surface area contributed by atoms with Crippen LogP contribution in [0.1, 0.15) is 21.1 Å². The highest BCUT2D eigenvalue weighted by Gasteiger charge is 2.14. The predicted octanol–water partition coefficient (Wildman–Crippen LogP) is 2.73. The van der Waals surface area contributed by atoms with Crippen molar-refractivity contribution in [2.75, 3.05) is 5.32 Å². The van der Waals surface area contributed by atoms with Crippen molar-refractivity contribution in [3.05, 3.63) is 45.9 Å². The molecule has 0 spiro atoms. The zero-order valence-corrected chi connectivity index (χ0v) is 11.0. The van der Waals surface area contributed by atoms with Crippen LogP contribution in [0.25, 0.3) is 6.08 Å². The number of amides is 1. The molecule has 2 heterocycles. The van der Waals surface area contributed by atoms with Gasteiger partial charge >= 0.3 is 5.97 Å². The lowest BCUT2D eigenvalue weighted by atomic mass is 10.3. The number of aromatic nitrogens is 1. The summed E-state index contributed by atoms with van der Waals surface area (Å²) in [5.41, 5.74) is 0.927. The van der Waals surface area contributed by atoms with Crippen molar-refractivity contribution in [2.24, 2.45) is 0 Å². The molecule has 19 heavy (non-hydrogen) atoms. The van der Waals surface area contributed by atoms with Gasteiger partial charge in [-0.3, -0.25) is 4.79 Å². The summed E-state index contributed by atoms with van der Waals surface area (Å²) in [6.07, 6.45) is 3.06. The van der Waals surface area contributed by atoms with Crippen molar-refractivity contribution >= 4 is 35.0 Å². The number of carbonyl (C=O) groups is 2. The SMILES string of the molecule is Cc1cc(NC(=O)/C=C/c2cccs2)c(C(=O)O)[nH]1. The van der Waals surface area contributed by atoms with Gasteiger partial charge in [0.05, 0.1) is 5.69 Å². The average Bonchev–Trinajstić information content (AvgIpc) is 2.96. The Kier molecular flexibility index (Phi) is 3.82. The van der Waals surface area contributed by atoms with Gasteiger partial charge in [-0.25, -0.2) is 4.79 Å². The molecule has 2 rings (SSSR count). The number of carbonyl (C=O) groups excluding carboxylic acids is 1. The van der Waals surface area contributed by atoms with Crippen molar-refractivity contribution in [3.63, 3.8) is 0 Å². The van der Waals surface area contributed by atoms with Crippen molar-refractivity contribution in [1.82, 2.24) is 4.98 Å². The summed E-state index contributed by atoms with van der Waals surface area (Å²) >= 11 is 1.52. The van der Waals surface area contributed by atoms with E-state index in [1.165, 1.54) is 17.4 Å². The number of H-pyrrole nitrogens is 1. The van der Waals surface area contributed by atoms with E-state index in [9.17, 15) is 9.59 Å². The van der Waals surface area contributed by atoms with Crippen molar-refractivity contribution in [1.29, 1.82) is 0 Å². The Hall–Kier alpha value is -2.34. The van der Waals surface area contributed by atoms with Gasteiger partial charge in [0.1, 0.15) is 5.69 Å². The van der Waals surface area contributed by atoms with E-state index in [-0.39, 0.29) is 17.3 Å². The van der Waals surface area contributed by atoms with Crippen LogP contribution in [0.15, 0.2) is 29.7 Å². The fraction of sp³-hybridized carbons (Fsp3) is 0.0769. The van der Waals surface area contributed by atoms with Crippen LogP contribution in [0.4, 0.5) is 5.69 Å². The molecule has 5 nitrogen and oxygen atoms in total. The first kappa shape index (κ1) is 13.1. The highest BCUT2D eigenvalue weighted by molar-refractivity contribution is 7.10. The number of aromatic amines is 1. The van der Waals surface area contributed by atoms with Gasteiger partial charge in [-0.2, -0.15) is 0 Å².